The summed E-state index contributed by atoms with van der Waals surface area (Å²) in [5.41, 5.74) is 1.04. The third-order valence-corrected chi connectivity index (χ3v) is 6.40. The average molecular weight is 405 g/mol. The van der Waals surface area contributed by atoms with Crippen molar-refractivity contribution in [3.63, 3.8) is 0 Å². The van der Waals surface area contributed by atoms with E-state index < -0.39 is 0 Å². The molecule has 0 radical (unpaired) electrons. The van der Waals surface area contributed by atoms with Gasteiger partial charge >= 0.3 is 0 Å². The smallest absolute Gasteiger partial charge is 0.174 e. The standard InChI is InChI=1S/C21H29N3OS2/c1-16(2)23-11-9-18(10-12-23)24(15-19-7-5-13-25-19)21(26)22-17-6-4-8-20(14-17)27-3/h4-8,13-14,16,18H,9-12,15H2,1-3H3,(H,22,26)/p+1. The van der Waals surface area contributed by atoms with Crippen LogP contribution in [0.2, 0.25) is 0 Å². The van der Waals surface area contributed by atoms with Crippen molar-refractivity contribution in [2.45, 2.75) is 50.2 Å². The highest BCUT2D eigenvalue weighted by atomic mass is 32.2. The maximum atomic E-state index is 5.83. The summed E-state index contributed by atoms with van der Waals surface area (Å²) in [6.45, 7) is 7.72. The predicted octanol–water partition coefficient (Wildman–Crippen LogP) is 3.66. The van der Waals surface area contributed by atoms with Crippen LogP contribution in [0.4, 0.5) is 5.69 Å². The first-order valence-electron chi connectivity index (χ1n) is 9.65. The Morgan fingerprint density at radius 2 is 2.07 bits per heavy atom. The number of quaternary nitrogens is 1. The average Bonchev–Trinajstić information content (AvgIpc) is 3.19. The molecule has 1 fully saturated rings. The third-order valence-electron chi connectivity index (χ3n) is 5.34. The number of thiocarbonyl (C=S) groups is 1. The van der Waals surface area contributed by atoms with Crippen LogP contribution in [0.5, 0.6) is 0 Å². The second-order valence-corrected chi connectivity index (χ2v) is 8.68. The lowest BCUT2D eigenvalue weighted by molar-refractivity contribution is -0.926. The third kappa shape index (κ3) is 5.50. The Kier molecular flexibility index (Phi) is 7.21. The zero-order chi connectivity index (χ0) is 19.2. The SMILES string of the molecule is CSc1cccc(NC(=S)N(Cc2ccco2)C2CC[NH+](C(C)C)CC2)c1. The summed E-state index contributed by atoms with van der Waals surface area (Å²) in [5, 5.41) is 4.24. The molecule has 6 heteroatoms. The highest BCUT2D eigenvalue weighted by Gasteiger charge is 2.30. The summed E-state index contributed by atoms with van der Waals surface area (Å²) in [6, 6.07) is 13.5. The van der Waals surface area contributed by atoms with Crippen LogP contribution in [0.3, 0.4) is 0 Å². The second kappa shape index (κ2) is 9.62. The van der Waals surface area contributed by atoms with Crippen LogP contribution in [-0.2, 0) is 6.54 Å². The highest BCUT2D eigenvalue weighted by Crippen LogP contribution is 2.21. The van der Waals surface area contributed by atoms with Crippen LogP contribution >= 0.6 is 24.0 Å². The lowest BCUT2D eigenvalue weighted by Gasteiger charge is -2.39. The first-order valence-corrected chi connectivity index (χ1v) is 11.3. The summed E-state index contributed by atoms with van der Waals surface area (Å²) in [7, 11) is 0. The first-order chi connectivity index (χ1) is 13.1. The molecule has 0 saturated carbocycles. The van der Waals surface area contributed by atoms with E-state index in [0.717, 1.165) is 29.4 Å². The van der Waals surface area contributed by atoms with Crippen molar-refractivity contribution < 1.29 is 9.32 Å². The summed E-state index contributed by atoms with van der Waals surface area (Å²) < 4.78 is 5.61. The maximum Gasteiger partial charge on any atom is 0.174 e. The van der Waals surface area contributed by atoms with Crippen LogP contribution in [0.1, 0.15) is 32.4 Å². The maximum absolute atomic E-state index is 5.83. The topological polar surface area (TPSA) is 32.9 Å². The van der Waals surface area contributed by atoms with Crippen LogP contribution in [0.15, 0.2) is 52.0 Å². The van der Waals surface area contributed by atoms with Gasteiger partial charge < -0.3 is 19.5 Å². The molecule has 1 aromatic heterocycles. The molecule has 3 rings (SSSR count). The fourth-order valence-electron chi connectivity index (χ4n) is 3.70. The van der Waals surface area contributed by atoms with Gasteiger partial charge in [0.1, 0.15) is 5.76 Å². The fraction of sp³-hybridized carbons (Fsp3) is 0.476. The van der Waals surface area contributed by atoms with E-state index in [4.69, 9.17) is 16.6 Å². The Hall–Kier alpha value is -1.50. The quantitative estimate of drug-likeness (QED) is 0.567. The molecular weight excluding hydrogens is 374 g/mol. The van der Waals surface area contributed by atoms with E-state index in [2.05, 4.69) is 54.6 Å². The van der Waals surface area contributed by atoms with Crippen molar-refractivity contribution in [3.8, 4) is 0 Å². The molecule has 2 N–H and O–H groups in total. The van der Waals surface area contributed by atoms with Gasteiger partial charge in [-0.05, 0) is 62.7 Å². The molecule has 0 bridgehead atoms. The zero-order valence-electron chi connectivity index (χ0n) is 16.4. The van der Waals surface area contributed by atoms with Crippen LogP contribution < -0.4 is 10.2 Å². The number of hydrogen-bond acceptors (Lipinski definition) is 3. The zero-order valence-corrected chi connectivity index (χ0v) is 18.0. The van der Waals surface area contributed by atoms with Crippen molar-refractivity contribution in [1.29, 1.82) is 0 Å². The van der Waals surface area contributed by atoms with Crippen molar-refractivity contribution >= 4 is 34.8 Å². The molecule has 0 aliphatic carbocycles. The normalized spacial score (nSPS) is 19.9. The minimum absolute atomic E-state index is 0.446. The minimum atomic E-state index is 0.446. The molecule has 146 valence electrons. The lowest BCUT2D eigenvalue weighted by atomic mass is 10.0. The highest BCUT2D eigenvalue weighted by molar-refractivity contribution is 7.98. The first kappa shape index (κ1) is 20.2. The van der Waals surface area contributed by atoms with Gasteiger partial charge in [-0.15, -0.1) is 11.8 Å². The van der Waals surface area contributed by atoms with E-state index in [9.17, 15) is 0 Å². The van der Waals surface area contributed by atoms with Crippen molar-refractivity contribution in [2.24, 2.45) is 0 Å². The van der Waals surface area contributed by atoms with Gasteiger partial charge in [-0.2, -0.15) is 0 Å². The van der Waals surface area contributed by atoms with Gasteiger partial charge in [0, 0.05) is 29.5 Å². The molecule has 2 aromatic rings. The number of hydrogen-bond donors (Lipinski definition) is 2. The molecule has 2 heterocycles. The van der Waals surface area contributed by atoms with Gasteiger partial charge in [0.2, 0.25) is 0 Å². The van der Waals surface area contributed by atoms with Crippen molar-refractivity contribution in [3.05, 3.63) is 48.4 Å². The molecule has 4 nitrogen and oxygen atoms in total. The largest absolute Gasteiger partial charge is 0.467 e. The van der Waals surface area contributed by atoms with Crippen LogP contribution in [0.25, 0.3) is 0 Å². The Morgan fingerprint density at radius 1 is 1.30 bits per heavy atom. The molecule has 27 heavy (non-hydrogen) atoms. The van der Waals surface area contributed by atoms with Gasteiger partial charge in [0.25, 0.3) is 0 Å². The summed E-state index contributed by atoms with van der Waals surface area (Å²) in [5.74, 6) is 0.954. The van der Waals surface area contributed by atoms with Gasteiger partial charge in [0.15, 0.2) is 5.11 Å². The minimum Gasteiger partial charge on any atom is -0.467 e. The van der Waals surface area contributed by atoms with Gasteiger partial charge in [-0.3, -0.25) is 0 Å². The van der Waals surface area contributed by atoms with E-state index in [0.29, 0.717) is 18.6 Å². The van der Waals surface area contributed by atoms with E-state index >= 15 is 0 Å². The van der Waals surface area contributed by atoms with Crippen molar-refractivity contribution in [1.82, 2.24) is 4.90 Å². The van der Waals surface area contributed by atoms with Crippen LogP contribution in [-0.4, -0.2) is 41.4 Å². The molecular formula is C21H30N3OS2+. The molecule has 0 spiro atoms. The number of piperidine rings is 1. The second-order valence-electron chi connectivity index (χ2n) is 7.41. The Balaban J connectivity index is 1.72. The van der Waals surface area contributed by atoms with E-state index in [-0.39, 0.29) is 0 Å². The molecule has 0 unspecified atom stereocenters. The monoisotopic (exact) mass is 404 g/mol. The Labute approximate surface area is 172 Å². The molecule has 0 amide bonds. The number of rotatable bonds is 6. The number of anilines is 1. The number of furan rings is 1. The van der Waals surface area contributed by atoms with Crippen LogP contribution in [0, 0.1) is 0 Å². The summed E-state index contributed by atoms with van der Waals surface area (Å²) in [4.78, 5) is 5.24. The number of thioether (sulfide) groups is 1. The van der Waals surface area contributed by atoms with E-state index in [1.165, 1.54) is 18.0 Å². The molecule has 1 saturated heterocycles. The molecule has 1 aromatic carbocycles. The predicted molar refractivity (Wildman–Crippen MR) is 118 cm³/mol. The summed E-state index contributed by atoms with van der Waals surface area (Å²) >= 11 is 7.57. The van der Waals surface area contributed by atoms with Crippen molar-refractivity contribution in [2.75, 3.05) is 24.7 Å². The van der Waals surface area contributed by atoms with E-state index in [1.54, 1.807) is 22.9 Å². The Bertz CT molecular complexity index is 725. The molecule has 0 atom stereocenters. The van der Waals surface area contributed by atoms with Gasteiger partial charge in [-0.1, -0.05) is 6.07 Å². The molecule has 1 aliphatic rings. The van der Waals surface area contributed by atoms with Gasteiger partial charge in [0.05, 0.1) is 31.9 Å². The fourth-order valence-corrected chi connectivity index (χ4v) is 4.49. The lowest BCUT2D eigenvalue weighted by Crippen LogP contribution is -3.16. The Morgan fingerprint density at radius 3 is 2.70 bits per heavy atom. The molecule has 1 aliphatic heterocycles. The van der Waals surface area contributed by atoms with Gasteiger partial charge in [-0.25, -0.2) is 0 Å². The number of benzene rings is 1. The number of nitrogens with one attached hydrogen (secondary N) is 2. The number of nitrogens with zero attached hydrogens (tertiary/aromatic N) is 1. The van der Waals surface area contributed by atoms with E-state index in [1.807, 2.05) is 12.1 Å². The number of likely N-dealkylation sites (tertiary alicyclic amines) is 1. The summed E-state index contributed by atoms with van der Waals surface area (Å²) in [6.07, 6.45) is 6.13.